The Morgan fingerprint density at radius 1 is 1.04 bits per heavy atom. The summed E-state index contributed by atoms with van der Waals surface area (Å²) in [5.74, 6) is -0.413. The van der Waals surface area contributed by atoms with Gasteiger partial charge in [0.15, 0.2) is 0 Å². The Labute approximate surface area is 158 Å². The lowest BCUT2D eigenvalue weighted by molar-refractivity contribution is 0.1000. The molecule has 1 saturated heterocycles. The van der Waals surface area contributed by atoms with Crippen LogP contribution >= 0.6 is 0 Å². The number of nitrogens with one attached hydrogen (secondary N) is 1. The standard InChI is InChI=1S/C22H23N3O2/c1-15-19(22(23)26)14-20(24-15)18-8-7-17(16-5-3-2-4-6-16)13-21(18)25-9-11-27-12-10-25/h2-8,13-14,24H,9-12H2,1H3,(H2,23,26). The summed E-state index contributed by atoms with van der Waals surface area (Å²) in [6, 6.07) is 18.6. The van der Waals surface area contributed by atoms with E-state index in [1.54, 1.807) is 0 Å². The number of primary amides is 1. The van der Waals surface area contributed by atoms with Gasteiger partial charge in [0.05, 0.1) is 18.8 Å². The van der Waals surface area contributed by atoms with E-state index in [0.29, 0.717) is 18.8 Å². The number of rotatable bonds is 4. The van der Waals surface area contributed by atoms with Crippen molar-refractivity contribution < 1.29 is 9.53 Å². The average molecular weight is 361 g/mol. The predicted octanol–water partition coefficient (Wildman–Crippen LogP) is 3.59. The summed E-state index contributed by atoms with van der Waals surface area (Å²) in [6.45, 7) is 4.98. The summed E-state index contributed by atoms with van der Waals surface area (Å²) in [7, 11) is 0. The second-order valence-corrected chi connectivity index (χ2v) is 6.78. The third-order valence-electron chi connectivity index (χ3n) is 5.03. The summed E-state index contributed by atoms with van der Waals surface area (Å²) in [6.07, 6.45) is 0. The van der Waals surface area contributed by atoms with Crippen LogP contribution in [-0.2, 0) is 4.74 Å². The quantitative estimate of drug-likeness (QED) is 0.746. The van der Waals surface area contributed by atoms with E-state index >= 15 is 0 Å². The van der Waals surface area contributed by atoms with Crippen LogP contribution in [0.15, 0.2) is 54.6 Å². The van der Waals surface area contributed by atoms with Crippen LogP contribution in [0.25, 0.3) is 22.4 Å². The number of ether oxygens (including phenoxy) is 1. The number of morpholine rings is 1. The van der Waals surface area contributed by atoms with Crippen molar-refractivity contribution in [3.05, 3.63) is 65.9 Å². The maximum absolute atomic E-state index is 11.7. The first kappa shape index (κ1) is 17.4. The molecule has 27 heavy (non-hydrogen) atoms. The lowest BCUT2D eigenvalue weighted by Gasteiger charge is -2.31. The molecule has 2 heterocycles. The Bertz CT molecular complexity index is 957. The number of aromatic amines is 1. The Balaban J connectivity index is 1.83. The molecule has 1 aliphatic heterocycles. The zero-order chi connectivity index (χ0) is 18.8. The second kappa shape index (κ2) is 7.29. The smallest absolute Gasteiger partial charge is 0.250 e. The molecule has 1 aliphatic rings. The first-order valence-electron chi connectivity index (χ1n) is 9.15. The number of aromatic nitrogens is 1. The highest BCUT2D eigenvalue weighted by Crippen LogP contribution is 2.35. The van der Waals surface area contributed by atoms with Crippen LogP contribution in [0.3, 0.4) is 0 Å². The van der Waals surface area contributed by atoms with E-state index in [1.165, 1.54) is 11.1 Å². The van der Waals surface area contributed by atoms with Gasteiger partial charge in [-0.05, 0) is 30.2 Å². The molecule has 1 aromatic heterocycles. The van der Waals surface area contributed by atoms with Crippen molar-refractivity contribution in [1.29, 1.82) is 0 Å². The molecule has 0 unspecified atom stereocenters. The lowest BCUT2D eigenvalue weighted by atomic mass is 9.99. The van der Waals surface area contributed by atoms with Crippen LogP contribution < -0.4 is 10.6 Å². The first-order valence-corrected chi connectivity index (χ1v) is 9.15. The van der Waals surface area contributed by atoms with Gasteiger partial charge >= 0.3 is 0 Å². The van der Waals surface area contributed by atoms with Crippen molar-refractivity contribution in [2.24, 2.45) is 5.73 Å². The molecule has 138 valence electrons. The monoisotopic (exact) mass is 361 g/mol. The van der Waals surface area contributed by atoms with E-state index in [0.717, 1.165) is 35.7 Å². The summed E-state index contributed by atoms with van der Waals surface area (Å²) < 4.78 is 5.53. The second-order valence-electron chi connectivity index (χ2n) is 6.78. The number of benzene rings is 2. The molecular weight excluding hydrogens is 338 g/mol. The minimum Gasteiger partial charge on any atom is -0.378 e. The summed E-state index contributed by atoms with van der Waals surface area (Å²) in [5.41, 5.74) is 12.3. The number of aryl methyl sites for hydroxylation is 1. The van der Waals surface area contributed by atoms with Gasteiger partial charge in [-0.15, -0.1) is 0 Å². The van der Waals surface area contributed by atoms with Crippen LogP contribution in [-0.4, -0.2) is 37.2 Å². The van der Waals surface area contributed by atoms with Crippen molar-refractivity contribution >= 4 is 11.6 Å². The third-order valence-corrected chi connectivity index (χ3v) is 5.03. The van der Waals surface area contributed by atoms with E-state index in [1.807, 2.05) is 31.2 Å². The SMILES string of the molecule is Cc1[nH]c(-c2ccc(-c3ccccc3)cc2N2CCOCC2)cc1C(N)=O. The third kappa shape index (κ3) is 3.46. The Morgan fingerprint density at radius 2 is 1.78 bits per heavy atom. The van der Waals surface area contributed by atoms with Gasteiger partial charge in [-0.1, -0.05) is 42.5 Å². The van der Waals surface area contributed by atoms with E-state index in [2.05, 4.69) is 40.2 Å². The van der Waals surface area contributed by atoms with Crippen LogP contribution in [0, 0.1) is 6.92 Å². The number of carbonyl (C=O) groups excluding carboxylic acids is 1. The van der Waals surface area contributed by atoms with Crippen molar-refractivity contribution in [3.8, 4) is 22.4 Å². The first-order chi connectivity index (χ1) is 13.1. The lowest BCUT2D eigenvalue weighted by Crippen LogP contribution is -2.36. The van der Waals surface area contributed by atoms with E-state index in [4.69, 9.17) is 10.5 Å². The van der Waals surface area contributed by atoms with E-state index in [9.17, 15) is 4.79 Å². The summed E-state index contributed by atoms with van der Waals surface area (Å²) in [4.78, 5) is 17.3. The molecule has 5 nitrogen and oxygen atoms in total. The van der Waals surface area contributed by atoms with Gasteiger partial charge in [0, 0.05) is 35.7 Å². The summed E-state index contributed by atoms with van der Waals surface area (Å²) >= 11 is 0. The highest BCUT2D eigenvalue weighted by atomic mass is 16.5. The molecule has 4 rings (SSSR count). The Morgan fingerprint density at radius 3 is 2.44 bits per heavy atom. The molecular formula is C22H23N3O2. The molecule has 1 amide bonds. The van der Waals surface area contributed by atoms with E-state index in [-0.39, 0.29) is 0 Å². The maximum atomic E-state index is 11.7. The van der Waals surface area contributed by atoms with Crippen LogP contribution in [0.4, 0.5) is 5.69 Å². The molecule has 3 N–H and O–H groups in total. The number of carbonyl (C=O) groups is 1. The molecule has 0 bridgehead atoms. The Hall–Kier alpha value is -3.05. The Kier molecular flexibility index (Phi) is 4.69. The molecule has 0 aliphatic carbocycles. The van der Waals surface area contributed by atoms with Gasteiger partial charge in [0.2, 0.25) is 0 Å². The number of nitrogens with two attached hydrogens (primary N) is 1. The molecule has 3 aromatic rings. The van der Waals surface area contributed by atoms with E-state index < -0.39 is 5.91 Å². The largest absolute Gasteiger partial charge is 0.378 e. The number of hydrogen-bond donors (Lipinski definition) is 2. The van der Waals surface area contributed by atoms with Gasteiger partial charge in [-0.2, -0.15) is 0 Å². The van der Waals surface area contributed by atoms with Crippen molar-refractivity contribution in [1.82, 2.24) is 4.98 Å². The fourth-order valence-electron chi connectivity index (χ4n) is 3.59. The molecule has 5 heteroatoms. The minimum atomic E-state index is -0.413. The maximum Gasteiger partial charge on any atom is 0.250 e. The fourth-order valence-corrected chi connectivity index (χ4v) is 3.59. The van der Waals surface area contributed by atoms with Crippen molar-refractivity contribution in [3.63, 3.8) is 0 Å². The molecule has 0 spiro atoms. The fraction of sp³-hybridized carbons (Fsp3) is 0.227. The van der Waals surface area contributed by atoms with Crippen LogP contribution in [0.2, 0.25) is 0 Å². The van der Waals surface area contributed by atoms with Crippen molar-refractivity contribution in [2.45, 2.75) is 6.92 Å². The highest BCUT2D eigenvalue weighted by Gasteiger charge is 2.19. The van der Waals surface area contributed by atoms with Gasteiger partial charge in [0.25, 0.3) is 5.91 Å². The number of anilines is 1. The highest BCUT2D eigenvalue weighted by molar-refractivity contribution is 5.96. The average Bonchev–Trinajstić information content (AvgIpc) is 3.11. The number of H-pyrrole nitrogens is 1. The van der Waals surface area contributed by atoms with Gasteiger partial charge in [-0.25, -0.2) is 0 Å². The molecule has 0 atom stereocenters. The predicted molar refractivity (Wildman–Crippen MR) is 108 cm³/mol. The zero-order valence-electron chi connectivity index (χ0n) is 15.4. The van der Waals surface area contributed by atoms with Crippen LogP contribution in [0.1, 0.15) is 16.1 Å². The number of amides is 1. The minimum absolute atomic E-state index is 0.413. The zero-order valence-corrected chi connectivity index (χ0v) is 15.4. The van der Waals surface area contributed by atoms with Crippen molar-refractivity contribution in [2.75, 3.05) is 31.2 Å². The normalized spacial score (nSPS) is 14.3. The van der Waals surface area contributed by atoms with Gasteiger partial charge in [-0.3, -0.25) is 4.79 Å². The molecule has 0 radical (unpaired) electrons. The van der Waals surface area contributed by atoms with Gasteiger partial charge < -0.3 is 20.4 Å². The summed E-state index contributed by atoms with van der Waals surface area (Å²) in [5, 5.41) is 0. The number of nitrogens with zero attached hydrogens (tertiary/aromatic N) is 1. The van der Waals surface area contributed by atoms with Gasteiger partial charge in [0.1, 0.15) is 0 Å². The molecule has 2 aromatic carbocycles. The number of hydrogen-bond acceptors (Lipinski definition) is 3. The van der Waals surface area contributed by atoms with Crippen LogP contribution in [0.5, 0.6) is 0 Å². The topological polar surface area (TPSA) is 71.3 Å². The molecule has 1 fully saturated rings. The molecule has 0 saturated carbocycles.